The molecule has 3 nitrogen and oxygen atoms in total. The molecule has 0 unspecified atom stereocenters. The van der Waals surface area contributed by atoms with E-state index < -0.39 is 0 Å². The normalized spacial score (nSPS) is 43.7. The van der Waals surface area contributed by atoms with Crippen LogP contribution in [0.2, 0.25) is 0 Å². The van der Waals surface area contributed by atoms with E-state index in [0.717, 1.165) is 6.42 Å². The molecule has 0 aromatic rings. The average Bonchev–Trinajstić information content (AvgIpc) is 2.10. The molecule has 0 heterocycles. The van der Waals surface area contributed by atoms with E-state index >= 15 is 0 Å². The van der Waals surface area contributed by atoms with Crippen molar-refractivity contribution in [1.82, 2.24) is 0 Å². The summed E-state index contributed by atoms with van der Waals surface area (Å²) in [5.74, 6) is 0.0278. The van der Waals surface area contributed by atoms with Crippen molar-refractivity contribution < 1.29 is 10.2 Å². The third kappa shape index (κ3) is 1.41. The number of hydrogen-bond acceptors (Lipinski definition) is 3. The van der Waals surface area contributed by atoms with Crippen molar-refractivity contribution in [3.05, 3.63) is 0 Å². The molecule has 0 aliphatic heterocycles. The minimum Gasteiger partial charge on any atom is -0.396 e. The Hall–Kier alpha value is -0.120. The summed E-state index contributed by atoms with van der Waals surface area (Å²) in [5, 5.41) is 17.8. The van der Waals surface area contributed by atoms with Gasteiger partial charge >= 0.3 is 0 Å². The molecule has 3 atom stereocenters. The zero-order valence-corrected chi connectivity index (χ0v) is 5.33. The monoisotopic (exact) mass is 131 g/mol. The van der Waals surface area contributed by atoms with Crippen LogP contribution < -0.4 is 5.73 Å². The number of hydrogen-bond donors (Lipinski definition) is 3. The van der Waals surface area contributed by atoms with Crippen molar-refractivity contribution in [2.75, 3.05) is 6.61 Å². The smallest absolute Gasteiger partial charge is 0.0605 e. The van der Waals surface area contributed by atoms with Crippen molar-refractivity contribution >= 4 is 0 Å². The summed E-state index contributed by atoms with van der Waals surface area (Å²) in [7, 11) is 0. The summed E-state index contributed by atoms with van der Waals surface area (Å²) < 4.78 is 0. The van der Waals surface area contributed by atoms with Crippen LogP contribution in [-0.2, 0) is 0 Å². The fraction of sp³-hybridized carbons (Fsp3) is 1.00. The lowest BCUT2D eigenvalue weighted by Crippen LogP contribution is -2.16. The second-order valence-electron chi connectivity index (χ2n) is 2.74. The molecule has 1 aliphatic carbocycles. The summed E-state index contributed by atoms with van der Waals surface area (Å²) in [5.41, 5.74) is 5.52. The molecule has 9 heavy (non-hydrogen) atoms. The molecule has 1 aliphatic rings. The zero-order valence-electron chi connectivity index (χ0n) is 5.33. The van der Waals surface area contributed by atoms with E-state index in [9.17, 15) is 0 Å². The summed E-state index contributed by atoms with van der Waals surface area (Å²) >= 11 is 0. The molecule has 0 aromatic heterocycles. The highest BCUT2D eigenvalue weighted by Crippen LogP contribution is 2.23. The average molecular weight is 131 g/mol. The maximum absolute atomic E-state index is 9.12. The molecule has 1 saturated carbocycles. The fourth-order valence-electron chi connectivity index (χ4n) is 1.34. The van der Waals surface area contributed by atoms with Gasteiger partial charge in [-0.05, 0) is 12.8 Å². The quantitative estimate of drug-likeness (QED) is 0.431. The highest BCUT2D eigenvalue weighted by atomic mass is 16.3. The molecule has 0 saturated heterocycles. The van der Waals surface area contributed by atoms with E-state index in [1.807, 2.05) is 0 Å². The molecule has 0 bridgehead atoms. The van der Waals surface area contributed by atoms with Crippen LogP contribution >= 0.6 is 0 Å². The first-order chi connectivity index (χ1) is 4.24. The van der Waals surface area contributed by atoms with Crippen molar-refractivity contribution in [2.24, 2.45) is 11.7 Å². The van der Waals surface area contributed by atoms with Crippen LogP contribution in [0.5, 0.6) is 0 Å². The van der Waals surface area contributed by atoms with E-state index in [2.05, 4.69) is 0 Å². The molecular formula is C6H13NO2. The minimum atomic E-state index is -0.370. The predicted molar refractivity (Wildman–Crippen MR) is 33.8 cm³/mol. The van der Waals surface area contributed by atoms with Crippen LogP contribution in [0.15, 0.2) is 0 Å². The Balaban J connectivity index is 2.38. The van der Waals surface area contributed by atoms with Crippen molar-refractivity contribution in [2.45, 2.75) is 25.0 Å². The summed E-state index contributed by atoms with van der Waals surface area (Å²) in [4.78, 5) is 0. The Labute approximate surface area is 54.5 Å². The summed E-state index contributed by atoms with van der Waals surface area (Å²) in [6, 6.07) is 0.0946. The van der Waals surface area contributed by atoms with Gasteiger partial charge in [0.05, 0.1) is 6.10 Å². The largest absolute Gasteiger partial charge is 0.396 e. The molecule has 3 heteroatoms. The Bertz CT molecular complexity index is 97.1. The maximum atomic E-state index is 9.12. The molecule has 0 spiro atoms. The van der Waals surface area contributed by atoms with Crippen molar-refractivity contribution in [3.8, 4) is 0 Å². The van der Waals surface area contributed by atoms with Gasteiger partial charge < -0.3 is 15.9 Å². The SMILES string of the molecule is N[C@@H]1C[C@H](CO)[C@@H](O)C1. The van der Waals surface area contributed by atoms with Gasteiger partial charge in [0.1, 0.15) is 0 Å². The van der Waals surface area contributed by atoms with Gasteiger partial charge in [0.2, 0.25) is 0 Å². The van der Waals surface area contributed by atoms with Crippen LogP contribution in [0, 0.1) is 5.92 Å². The lowest BCUT2D eigenvalue weighted by molar-refractivity contribution is 0.0908. The Morgan fingerprint density at radius 1 is 1.44 bits per heavy atom. The number of aliphatic hydroxyl groups excluding tert-OH is 2. The number of nitrogens with two attached hydrogens (primary N) is 1. The highest BCUT2D eigenvalue weighted by Gasteiger charge is 2.29. The third-order valence-corrected chi connectivity index (χ3v) is 1.93. The van der Waals surface area contributed by atoms with Gasteiger partial charge in [-0.1, -0.05) is 0 Å². The Kier molecular flexibility index (Phi) is 2.05. The predicted octanol–water partition coefficient (Wildman–Crippen LogP) is -0.923. The maximum Gasteiger partial charge on any atom is 0.0605 e. The van der Waals surface area contributed by atoms with E-state index in [0.29, 0.717) is 6.42 Å². The van der Waals surface area contributed by atoms with Gasteiger partial charge in [0.15, 0.2) is 0 Å². The topological polar surface area (TPSA) is 66.5 Å². The van der Waals surface area contributed by atoms with Crippen LogP contribution in [0.3, 0.4) is 0 Å². The summed E-state index contributed by atoms with van der Waals surface area (Å²) in [6.45, 7) is 0.0644. The van der Waals surface area contributed by atoms with Gasteiger partial charge in [-0.15, -0.1) is 0 Å². The molecule has 0 amide bonds. The molecule has 0 aromatic carbocycles. The van der Waals surface area contributed by atoms with Gasteiger partial charge in [-0.3, -0.25) is 0 Å². The van der Waals surface area contributed by atoms with E-state index in [-0.39, 0.29) is 24.7 Å². The second-order valence-corrected chi connectivity index (χ2v) is 2.74. The van der Waals surface area contributed by atoms with Gasteiger partial charge in [-0.2, -0.15) is 0 Å². The van der Waals surface area contributed by atoms with E-state index in [1.54, 1.807) is 0 Å². The molecular weight excluding hydrogens is 118 g/mol. The lowest BCUT2D eigenvalue weighted by Gasteiger charge is -2.08. The third-order valence-electron chi connectivity index (χ3n) is 1.93. The van der Waals surface area contributed by atoms with Crippen LogP contribution in [0.1, 0.15) is 12.8 Å². The molecule has 1 rings (SSSR count). The Morgan fingerprint density at radius 3 is 2.33 bits per heavy atom. The molecule has 1 fully saturated rings. The number of rotatable bonds is 1. The zero-order chi connectivity index (χ0) is 6.85. The second kappa shape index (κ2) is 2.64. The van der Waals surface area contributed by atoms with Gasteiger partial charge in [0, 0.05) is 18.6 Å². The number of aliphatic hydroxyl groups is 2. The fourth-order valence-corrected chi connectivity index (χ4v) is 1.34. The summed E-state index contributed by atoms with van der Waals surface area (Å²) in [6.07, 6.45) is 1.04. The molecule has 4 N–H and O–H groups in total. The van der Waals surface area contributed by atoms with Crippen LogP contribution in [-0.4, -0.2) is 29.0 Å². The Morgan fingerprint density at radius 2 is 2.11 bits per heavy atom. The standard InChI is InChI=1S/C6H13NO2/c7-5-1-4(3-8)6(9)2-5/h4-6,8-9H,1-3,7H2/t4-,5-,6+/m1/s1. The van der Waals surface area contributed by atoms with Gasteiger partial charge in [0.25, 0.3) is 0 Å². The van der Waals surface area contributed by atoms with Crippen LogP contribution in [0.25, 0.3) is 0 Å². The van der Waals surface area contributed by atoms with Gasteiger partial charge in [-0.25, -0.2) is 0 Å². The molecule has 54 valence electrons. The lowest BCUT2D eigenvalue weighted by atomic mass is 10.1. The molecule has 0 radical (unpaired) electrons. The van der Waals surface area contributed by atoms with E-state index in [4.69, 9.17) is 15.9 Å². The van der Waals surface area contributed by atoms with Crippen molar-refractivity contribution in [3.63, 3.8) is 0 Å². The first-order valence-corrected chi connectivity index (χ1v) is 3.28. The van der Waals surface area contributed by atoms with Crippen LogP contribution in [0.4, 0.5) is 0 Å². The van der Waals surface area contributed by atoms with E-state index in [1.165, 1.54) is 0 Å². The first-order valence-electron chi connectivity index (χ1n) is 3.28. The highest BCUT2D eigenvalue weighted by molar-refractivity contribution is 4.84. The first kappa shape index (κ1) is 6.99. The van der Waals surface area contributed by atoms with Crippen molar-refractivity contribution in [1.29, 1.82) is 0 Å². The minimum absolute atomic E-state index is 0.0278.